The summed E-state index contributed by atoms with van der Waals surface area (Å²) in [6.45, 7) is 1.33. The number of nitrogens with two attached hydrogens (primary N) is 1. The molecule has 1 aliphatic heterocycles. The third-order valence-corrected chi connectivity index (χ3v) is 7.73. The van der Waals surface area contributed by atoms with E-state index in [0.29, 0.717) is 33.5 Å². The third kappa shape index (κ3) is 4.76. The van der Waals surface area contributed by atoms with E-state index in [4.69, 9.17) is 10.5 Å². The lowest BCUT2D eigenvalue weighted by Crippen LogP contribution is -2.46. The van der Waals surface area contributed by atoms with E-state index in [1.54, 1.807) is 29.4 Å². The average molecular weight is 605 g/mol. The summed E-state index contributed by atoms with van der Waals surface area (Å²) in [6.07, 6.45) is 4.66. The number of benzene rings is 1. The highest BCUT2D eigenvalue weighted by molar-refractivity contribution is 9.10. The number of pyridine rings is 1. The molecule has 0 radical (unpaired) electrons. The minimum absolute atomic E-state index is 0.0134. The molecule has 12 nitrogen and oxygen atoms in total. The van der Waals surface area contributed by atoms with Crippen molar-refractivity contribution in [2.24, 2.45) is 5.92 Å². The van der Waals surface area contributed by atoms with Gasteiger partial charge in [-0.2, -0.15) is 5.10 Å². The quantitative estimate of drug-likeness (QED) is 0.239. The van der Waals surface area contributed by atoms with Crippen LogP contribution in [0.1, 0.15) is 30.3 Å². The van der Waals surface area contributed by atoms with Crippen molar-refractivity contribution >= 4 is 56.2 Å². The van der Waals surface area contributed by atoms with Crippen LogP contribution in [0.4, 0.5) is 11.8 Å². The number of hydrogen-bond acceptors (Lipinski definition) is 9. The Balaban J connectivity index is 1.26. The van der Waals surface area contributed by atoms with E-state index in [0.717, 1.165) is 17.5 Å². The summed E-state index contributed by atoms with van der Waals surface area (Å²) in [7, 11) is 1.53. The van der Waals surface area contributed by atoms with Crippen LogP contribution in [0.5, 0.6) is 5.75 Å². The van der Waals surface area contributed by atoms with Gasteiger partial charge in [-0.3, -0.25) is 19.1 Å². The predicted octanol–water partition coefficient (Wildman–Crippen LogP) is 3.07. The maximum Gasteiger partial charge on any atom is 0.248 e. The molecule has 2 amide bonds. The topological polar surface area (TPSA) is 158 Å². The summed E-state index contributed by atoms with van der Waals surface area (Å²) in [4.78, 5) is 53.4. The van der Waals surface area contributed by atoms with E-state index in [1.165, 1.54) is 18.7 Å². The number of rotatable bonds is 7. The molecule has 6 rings (SSSR count). The first-order valence-electron chi connectivity index (χ1n) is 12.6. The summed E-state index contributed by atoms with van der Waals surface area (Å²) >= 11 is 3.32. The minimum Gasteiger partial charge on any atom is -0.497 e. The maximum absolute atomic E-state index is 13.6. The lowest BCUT2D eigenvalue weighted by atomic mass is 10.0. The molecule has 4 aromatic rings. The zero-order chi connectivity index (χ0) is 28.1. The molecule has 40 heavy (non-hydrogen) atoms. The fourth-order valence-electron chi connectivity index (χ4n) is 5.35. The van der Waals surface area contributed by atoms with Gasteiger partial charge < -0.3 is 20.7 Å². The number of halogens is 1. The molecule has 4 heterocycles. The van der Waals surface area contributed by atoms with Crippen molar-refractivity contribution in [3.63, 3.8) is 0 Å². The molecule has 204 valence electrons. The summed E-state index contributed by atoms with van der Waals surface area (Å²) in [5.41, 5.74) is 8.02. The fourth-order valence-corrected chi connectivity index (χ4v) is 5.77. The van der Waals surface area contributed by atoms with Crippen molar-refractivity contribution in [2.45, 2.75) is 38.4 Å². The maximum atomic E-state index is 13.6. The third-order valence-electron chi connectivity index (χ3n) is 7.32. The van der Waals surface area contributed by atoms with Crippen LogP contribution in [0.15, 0.2) is 47.3 Å². The minimum atomic E-state index is -0.630. The number of ether oxygens (including phenoxy) is 1. The standard InChI is InChI=1S/C27H25BrN8O4/c1-13(37)25-18-5-14(16-10-30-27(29)31-11-16)3-4-19(18)35(34-25)12-24(38)36-20-6-15(20)7-21(36)26(39)33-23-9-17(40-2)8-22(28)32-23/h3-5,8-11,15,20-21H,6-7,12H2,1-2H3,(H2,29,30,31)(H,32,33,39)/t15?,20-,21+/m1/s1. The van der Waals surface area contributed by atoms with E-state index < -0.39 is 6.04 Å². The lowest BCUT2D eigenvalue weighted by Gasteiger charge is -2.27. The number of nitrogens with one attached hydrogen (secondary N) is 1. The van der Waals surface area contributed by atoms with E-state index in [9.17, 15) is 14.4 Å². The van der Waals surface area contributed by atoms with Crippen LogP contribution in [-0.2, 0) is 16.1 Å². The van der Waals surface area contributed by atoms with Crippen LogP contribution in [0.2, 0.25) is 0 Å². The molecule has 3 N–H and O–H groups in total. The number of likely N-dealkylation sites (tertiary alicyclic amines) is 1. The van der Waals surface area contributed by atoms with Gasteiger partial charge in [0, 0.05) is 48.4 Å². The average Bonchev–Trinajstić information content (AvgIpc) is 3.43. The number of fused-ring (bicyclic) bond motifs is 2. The van der Waals surface area contributed by atoms with Crippen molar-refractivity contribution in [3.8, 4) is 16.9 Å². The first kappa shape index (κ1) is 25.9. The van der Waals surface area contributed by atoms with Crippen molar-refractivity contribution in [1.29, 1.82) is 0 Å². The Kier molecular flexibility index (Phi) is 6.45. The first-order chi connectivity index (χ1) is 19.2. The number of amides is 2. The molecule has 1 saturated heterocycles. The second-order valence-corrected chi connectivity index (χ2v) is 10.8. The van der Waals surface area contributed by atoms with Crippen LogP contribution in [0.3, 0.4) is 0 Å². The number of carbonyl (C=O) groups is 3. The Morgan fingerprint density at radius 3 is 2.62 bits per heavy atom. The molecule has 3 atom stereocenters. The predicted molar refractivity (Wildman–Crippen MR) is 149 cm³/mol. The Morgan fingerprint density at radius 1 is 1.12 bits per heavy atom. The van der Waals surface area contributed by atoms with Gasteiger partial charge in [-0.05, 0) is 52.4 Å². The number of aromatic nitrogens is 5. The zero-order valence-corrected chi connectivity index (χ0v) is 23.3. The second-order valence-electron chi connectivity index (χ2n) is 9.94. The number of Topliss-reactive ketones (excluding diaryl/α,β-unsaturated/α-hetero) is 1. The van der Waals surface area contributed by atoms with Gasteiger partial charge in [-0.15, -0.1) is 0 Å². The summed E-state index contributed by atoms with van der Waals surface area (Å²) < 4.78 is 7.30. The molecular weight excluding hydrogens is 580 g/mol. The van der Waals surface area contributed by atoms with Crippen LogP contribution >= 0.6 is 15.9 Å². The van der Waals surface area contributed by atoms with Gasteiger partial charge in [-0.1, -0.05) is 6.07 Å². The van der Waals surface area contributed by atoms with Gasteiger partial charge in [0.15, 0.2) is 5.78 Å². The van der Waals surface area contributed by atoms with Crippen molar-refractivity contribution in [1.82, 2.24) is 29.6 Å². The van der Waals surface area contributed by atoms with Crippen LogP contribution in [-0.4, -0.2) is 66.4 Å². The fraction of sp³-hybridized carbons (Fsp3) is 0.296. The molecule has 2 fully saturated rings. The molecule has 1 unspecified atom stereocenters. The van der Waals surface area contributed by atoms with Crippen molar-refractivity contribution in [3.05, 3.63) is 53.0 Å². The van der Waals surface area contributed by atoms with Gasteiger partial charge in [0.1, 0.15) is 34.5 Å². The summed E-state index contributed by atoms with van der Waals surface area (Å²) in [6, 6.07) is 8.19. The molecule has 1 aliphatic carbocycles. The Bertz CT molecular complexity index is 1670. The molecular formula is C27H25BrN8O4. The summed E-state index contributed by atoms with van der Waals surface area (Å²) in [5.74, 6) is 0.559. The molecule has 0 spiro atoms. The van der Waals surface area contributed by atoms with Gasteiger partial charge >= 0.3 is 0 Å². The Hall–Kier alpha value is -4.39. The highest BCUT2D eigenvalue weighted by Crippen LogP contribution is 2.48. The normalized spacial score (nSPS) is 19.4. The first-order valence-corrected chi connectivity index (χ1v) is 13.4. The van der Waals surface area contributed by atoms with Crippen LogP contribution < -0.4 is 15.8 Å². The molecule has 2 aliphatic rings. The Labute approximate surface area is 237 Å². The lowest BCUT2D eigenvalue weighted by molar-refractivity contribution is -0.138. The van der Waals surface area contributed by atoms with Crippen LogP contribution in [0.25, 0.3) is 22.0 Å². The van der Waals surface area contributed by atoms with E-state index in [2.05, 4.69) is 41.3 Å². The van der Waals surface area contributed by atoms with Crippen molar-refractivity contribution < 1.29 is 19.1 Å². The zero-order valence-electron chi connectivity index (χ0n) is 21.7. The van der Waals surface area contributed by atoms with Gasteiger partial charge in [0.2, 0.25) is 17.8 Å². The number of piperidine rings is 1. The van der Waals surface area contributed by atoms with Gasteiger partial charge in [0.05, 0.1) is 12.6 Å². The van der Waals surface area contributed by atoms with E-state index in [1.807, 2.05) is 18.2 Å². The second kappa shape index (κ2) is 9.97. The number of anilines is 2. The largest absolute Gasteiger partial charge is 0.497 e. The van der Waals surface area contributed by atoms with Crippen molar-refractivity contribution in [2.75, 3.05) is 18.2 Å². The number of hydrogen-bond donors (Lipinski definition) is 2. The summed E-state index contributed by atoms with van der Waals surface area (Å²) in [5, 5.41) is 7.93. The highest BCUT2D eigenvalue weighted by atomic mass is 79.9. The molecule has 3 aromatic heterocycles. The Morgan fingerprint density at radius 2 is 1.90 bits per heavy atom. The molecule has 1 saturated carbocycles. The van der Waals surface area contributed by atoms with E-state index in [-0.39, 0.29) is 47.7 Å². The number of nitrogen functional groups attached to an aromatic ring is 1. The number of methoxy groups -OCH3 is 1. The molecule has 1 aromatic carbocycles. The number of nitrogens with zero attached hydrogens (tertiary/aromatic N) is 6. The monoisotopic (exact) mass is 604 g/mol. The van der Waals surface area contributed by atoms with Crippen LogP contribution in [0, 0.1) is 5.92 Å². The van der Waals surface area contributed by atoms with Gasteiger partial charge in [0.25, 0.3) is 0 Å². The number of carbonyl (C=O) groups excluding carboxylic acids is 3. The molecule has 0 bridgehead atoms. The smallest absolute Gasteiger partial charge is 0.248 e. The number of ketones is 1. The van der Waals surface area contributed by atoms with E-state index >= 15 is 0 Å². The van der Waals surface area contributed by atoms with Gasteiger partial charge in [-0.25, -0.2) is 15.0 Å². The highest BCUT2D eigenvalue weighted by Gasteiger charge is 2.56. The molecule has 13 heteroatoms. The SMILES string of the molecule is COc1cc(Br)nc(NC(=O)[C@@H]2CC3C[C@H]3N2C(=O)Cn2nc(C(C)=O)c3cc(-c4cnc(N)nc4)ccc32)c1.